The number of morpholine rings is 1. The summed E-state index contributed by atoms with van der Waals surface area (Å²) in [6.07, 6.45) is 0. The van der Waals surface area contributed by atoms with Crippen molar-refractivity contribution in [2.75, 3.05) is 25.4 Å². The minimum Gasteiger partial charge on any atom is -0.491 e. The molecule has 2 saturated heterocycles. The van der Waals surface area contributed by atoms with Crippen LogP contribution in [0.1, 0.15) is 6.92 Å². The van der Waals surface area contributed by atoms with Crippen LogP contribution in [0.3, 0.4) is 0 Å². The molecule has 92 valence electrons. The molecule has 1 atom stereocenters. The molecule has 2 rings (SSSR count). The third-order valence-corrected chi connectivity index (χ3v) is 3.65. The van der Waals surface area contributed by atoms with Gasteiger partial charge < -0.3 is 20.7 Å². The number of hydrogen-bond acceptors (Lipinski definition) is 4. The van der Waals surface area contributed by atoms with E-state index in [1.165, 1.54) is 0 Å². The van der Waals surface area contributed by atoms with E-state index in [9.17, 15) is 0 Å². The summed E-state index contributed by atoms with van der Waals surface area (Å²) in [6, 6.07) is 0.0596. The van der Waals surface area contributed by atoms with Gasteiger partial charge in [-0.25, -0.2) is 0 Å². The van der Waals surface area contributed by atoms with Gasteiger partial charge in [-0.15, -0.1) is 35.7 Å². The van der Waals surface area contributed by atoms with Gasteiger partial charge in [-0.05, 0) is 6.92 Å². The first kappa shape index (κ1) is 13.8. The van der Waals surface area contributed by atoms with E-state index >= 15 is 0 Å². The van der Waals surface area contributed by atoms with E-state index < -0.39 is 0 Å². The Bertz CT molecular complexity index is 302. The second-order valence-electron chi connectivity index (χ2n) is 3.57. The number of hydrogen-bond donors (Lipinski definition) is 3. The monoisotopic (exact) mass is 356 g/mol. The maximum absolute atomic E-state index is 7.48. The Morgan fingerprint density at radius 2 is 2.44 bits per heavy atom. The third-order valence-electron chi connectivity index (χ3n) is 2.60. The van der Waals surface area contributed by atoms with Crippen LogP contribution in [0.4, 0.5) is 0 Å². The molecular formula is C9H17IN4OS. The lowest BCUT2D eigenvalue weighted by molar-refractivity contribution is 0.0939. The van der Waals surface area contributed by atoms with Crippen LogP contribution in [-0.4, -0.2) is 42.4 Å². The molecule has 2 heterocycles. The lowest BCUT2D eigenvalue weighted by atomic mass is 10.2. The van der Waals surface area contributed by atoms with Crippen molar-refractivity contribution in [3.63, 3.8) is 0 Å². The van der Waals surface area contributed by atoms with E-state index in [2.05, 4.69) is 5.32 Å². The molecule has 0 spiro atoms. The zero-order chi connectivity index (χ0) is 10.8. The highest BCUT2D eigenvalue weighted by Crippen LogP contribution is 2.28. The van der Waals surface area contributed by atoms with Crippen LogP contribution >= 0.6 is 35.7 Å². The second kappa shape index (κ2) is 5.85. The van der Waals surface area contributed by atoms with Gasteiger partial charge in [-0.1, -0.05) is 0 Å². The van der Waals surface area contributed by atoms with Gasteiger partial charge in [0, 0.05) is 12.3 Å². The van der Waals surface area contributed by atoms with Gasteiger partial charge in [-0.3, -0.25) is 5.41 Å². The lowest BCUT2D eigenvalue weighted by Gasteiger charge is -2.36. The summed E-state index contributed by atoms with van der Waals surface area (Å²) in [5, 5.41) is 11.9. The maximum Gasteiger partial charge on any atom is 0.189 e. The number of nitrogens with two attached hydrogens (primary N) is 1. The summed E-state index contributed by atoms with van der Waals surface area (Å²) in [5.74, 6) is 2.13. The summed E-state index contributed by atoms with van der Waals surface area (Å²) < 4.78 is 5.66. The summed E-state index contributed by atoms with van der Waals surface area (Å²) in [5.41, 5.74) is 5.52. The number of nitrogens with zero attached hydrogens (tertiary/aromatic N) is 1. The molecule has 0 aliphatic carbocycles. The van der Waals surface area contributed by atoms with Crippen LogP contribution in [0, 0.1) is 5.41 Å². The molecule has 1 unspecified atom stereocenters. The van der Waals surface area contributed by atoms with E-state index in [0.717, 1.165) is 23.1 Å². The first-order valence-electron chi connectivity index (χ1n) is 5.04. The molecule has 0 radical (unpaired) electrons. The first-order valence-corrected chi connectivity index (χ1v) is 6.03. The van der Waals surface area contributed by atoms with Gasteiger partial charge in [0.15, 0.2) is 5.96 Å². The number of nitrogens with one attached hydrogen (secondary N) is 2. The molecule has 0 aromatic heterocycles. The first-order chi connectivity index (χ1) is 7.20. The summed E-state index contributed by atoms with van der Waals surface area (Å²) in [7, 11) is 0. The van der Waals surface area contributed by atoms with Crippen LogP contribution in [0.5, 0.6) is 0 Å². The number of ether oxygens (including phenoxy) is 1. The normalized spacial score (nSPS) is 29.1. The van der Waals surface area contributed by atoms with E-state index in [0.29, 0.717) is 13.2 Å². The van der Waals surface area contributed by atoms with Crippen LogP contribution in [-0.2, 0) is 4.74 Å². The molecule has 2 aliphatic rings. The molecule has 0 bridgehead atoms. The Morgan fingerprint density at radius 1 is 1.69 bits per heavy atom. The fourth-order valence-corrected chi connectivity index (χ4v) is 2.81. The molecule has 5 nitrogen and oxygen atoms in total. The molecule has 2 aliphatic heterocycles. The Labute approximate surface area is 117 Å². The predicted molar refractivity (Wildman–Crippen MR) is 76.9 cm³/mol. The largest absolute Gasteiger partial charge is 0.491 e. The van der Waals surface area contributed by atoms with Gasteiger partial charge in [0.1, 0.15) is 17.4 Å². The quantitative estimate of drug-likeness (QED) is 0.339. The smallest absolute Gasteiger partial charge is 0.189 e. The average molecular weight is 356 g/mol. The Kier molecular flexibility index (Phi) is 5.03. The van der Waals surface area contributed by atoms with E-state index in [1.807, 2.05) is 11.8 Å². The van der Waals surface area contributed by atoms with Crippen molar-refractivity contribution in [3.8, 4) is 0 Å². The predicted octanol–water partition coefficient (Wildman–Crippen LogP) is 0.724. The number of halogens is 1. The van der Waals surface area contributed by atoms with Crippen molar-refractivity contribution in [1.29, 1.82) is 5.41 Å². The Morgan fingerprint density at radius 3 is 3.00 bits per heavy atom. The average Bonchev–Trinajstić information content (AvgIpc) is 2.70. The van der Waals surface area contributed by atoms with E-state index in [4.69, 9.17) is 15.9 Å². The topological polar surface area (TPSA) is 74.4 Å². The van der Waals surface area contributed by atoms with Crippen LogP contribution in [0.15, 0.2) is 10.8 Å². The molecule has 0 aromatic carbocycles. The Hall–Kier alpha value is -0.310. The molecule has 16 heavy (non-hydrogen) atoms. The molecule has 0 saturated carbocycles. The van der Waals surface area contributed by atoms with Gasteiger partial charge in [-0.2, -0.15) is 0 Å². The summed E-state index contributed by atoms with van der Waals surface area (Å²) in [4.78, 5) is 1.85. The van der Waals surface area contributed by atoms with Crippen molar-refractivity contribution in [1.82, 2.24) is 10.2 Å². The van der Waals surface area contributed by atoms with Crippen molar-refractivity contribution in [2.24, 2.45) is 5.73 Å². The van der Waals surface area contributed by atoms with Gasteiger partial charge in [0.05, 0.1) is 12.6 Å². The zero-order valence-corrected chi connectivity index (χ0v) is 12.3. The van der Waals surface area contributed by atoms with Gasteiger partial charge >= 0.3 is 0 Å². The van der Waals surface area contributed by atoms with Crippen LogP contribution in [0.25, 0.3) is 0 Å². The third kappa shape index (κ3) is 2.68. The molecule has 4 N–H and O–H groups in total. The summed E-state index contributed by atoms with van der Waals surface area (Å²) >= 11 is 1.77. The Balaban J connectivity index is 0.00000128. The zero-order valence-electron chi connectivity index (χ0n) is 9.16. The number of rotatable bonds is 0. The second-order valence-corrected chi connectivity index (χ2v) is 4.68. The van der Waals surface area contributed by atoms with Crippen LogP contribution < -0.4 is 11.1 Å². The molecular weight excluding hydrogens is 339 g/mol. The summed E-state index contributed by atoms with van der Waals surface area (Å²) in [6.45, 7) is 4.30. The van der Waals surface area contributed by atoms with Gasteiger partial charge in [0.25, 0.3) is 0 Å². The van der Waals surface area contributed by atoms with Crippen molar-refractivity contribution < 1.29 is 4.74 Å². The molecule has 2 fully saturated rings. The van der Waals surface area contributed by atoms with Crippen molar-refractivity contribution in [2.45, 2.75) is 13.0 Å². The van der Waals surface area contributed by atoms with Crippen LogP contribution in [0.2, 0.25) is 0 Å². The maximum atomic E-state index is 7.48. The lowest BCUT2D eigenvalue weighted by Crippen LogP contribution is -2.49. The van der Waals surface area contributed by atoms with E-state index in [1.54, 1.807) is 11.8 Å². The minimum absolute atomic E-state index is 0. The fraction of sp³-hybridized carbons (Fsp3) is 0.667. The highest BCUT2D eigenvalue weighted by Gasteiger charge is 2.29. The molecule has 0 amide bonds. The van der Waals surface area contributed by atoms with E-state index in [-0.39, 0.29) is 36.0 Å². The highest BCUT2D eigenvalue weighted by atomic mass is 127. The van der Waals surface area contributed by atoms with Crippen molar-refractivity contribution in [3.05, 3.63) is 10.8 Å². The number of guanidine groups is 1. The highest BCUT2D eigenvalue weighted by molar-refractivity contribution is 14.0. The standard InChI is InChI=1S/C9H16N4OS.HI/c1-6-7(8-12-2-5-15-8)14-4-3-13(6)9(10)11;/h6,12H,2-5H2,1H3,(H3,10,11);1H. The molecule has 7 heteroatoms. The van der Waals surface area contributed by atoms with Crippen molar-refractivity contribution >= 4 is 41.7 Å². The SMILES string of the molecule is CC1C(=C2NCCS2)OCCN1C(=N)N.I. The minimum atomic E-state index is 0. The number of thioether (sulfide) groups is 1. The van der Waals surface area contributed by atoms with Gasteiger partial charge in [0.2, 0.25) is 0 Å². The fourth-order valence-electron chi connectivity index (χ4n) is 1.82. The molecule has 0 aromatic rings.